The second kappa shape index (κ2) is 8.52. The van der Waals surface area contributed by atoms with E-state index in [1.807, 2.05) is 32.0 Å². The highest BCUT2D eigenvalue weighted by molar-refractivity contribution is 6.31. The van der Waals surface area contributed by atoms with Crippen molar-refractivity contribution >= 4 is 23.3 Å². The van der Waals surface area contributed by atoms with Crippen molar-refractivity contribution in [2.24, 2.45) is 0 Å². The molecule has 0 fully saturated rings. The van der Waals surface area contributed by atoms with E-state index >= 15 is 0 Å². The van der Waals surface area contributed by atoms with Gasteiger partial charge < -0.3 is 15.4 Å². The molecule has 0 saturated carbocycles. The number of alkyl halides is 3. The van der Waals surface area contributed by atoms with Crippen LogP contribution in [0.25, 0.3) is 0 Å². The van der Waals surface area contributed by atoms with Crippen molar-refractivity contribution in [3.8, 4) is 5.75 Å². The molecular weight excluding hydrogens is 381 g/mol. The van der Waals surface area contributed by atoms with Crippen LogP contribution in [0.4, 0.5) is 23.7 Å². The third-order valence-corrected chi connectivity index (χ3v) is 4.04. The minimum Gasteiger partial charge on any atom is -0.471 e. The molecule has 0 aliphatic rings. The Balaban J connectivity index is 2.02. The van der Waals surface area contributed by atoms with Gasteiger partial charge in [0.25, 0.3) is 0 Å². The number of ether oxygens (including phenoxy) is 1. The molecule has 0 heterocycles. The molecule has 0 spiro atoms. The summed E-state index contributed by atoms with van der Waals surface area (Å²) in [6.07, 6.45) is -5.30. The highest BCUT2D eigenvalue weighted by Gasteiger charge is 2.33. The number of nitrogens with one attached hydrogen (secondary N) is 2. The van der Waals surface area contributed by atoms with Gasteiger partial charge in [-0.25, -0.2) is 4.79 Å². The smallest absolute Gasteiger partial charge is 0.417 e. The van der Waals surface area contributed by atoms with E-state index in [-0.39, 0.29) is 11.6 Å². The molecule has 27 heavy (non-hydrogen) atoms. The predicted octanol–water partition coefficient (Wildman–Crippen LogP) is 6.03. The molecule has 1 unspecified atom stereocenters. The van der Waals surface area contributed by atoms with Crippen molar-refractivity contribution in [2.75, 3.05) is 5.32 Å². The van der Waals surface area contributed by atoms with Crippen LogP contribution in [0.5, 0.6) is 5.75 Å². The zero-order chi connectivity index (χ0) is 20.2. The predicted molar refractivity (Wildman–Crippen MR) is 99.2 cm³/mol. The minimum absolute atomic E-state index is 0.0287. The van der Waals surface area contributed by atoms with Gasteiger partial charge in [-0.15, -0.1) is 0 Å². The van der Waals surface area contributed by atoms with E-state index in [2.05, 4.69) is 10.6 Å². The summed E-state index contributed by atoms with van der Waals surface area (Å²) in [5, 5.41) is 4.44. The van der Waals surface area contributed by atoms with E-state index in [4.69, 9.17) is 16.3 Å². The van der Waals surface area contributed by atoms with Crippen LogP contribution < -0.4 is 15.4 Å². The van der Waals surface area contributed by atoms with E-state index in [0.717, 1.165) is 17.7 Å². The number of hydrogen-bond donors (Lipinski definition) is 2. The van der Waals surface area contributed by atoms with Crippen LogP contribution in [-0.2, 0) is 6.18 Å². The summed E-state index contributed by atoms with van der Waals surface area (Å²) in [4.78, 5) is 12.1. The van der Waals surface area contributed by atoms with E-state index < -0.39 is 29.0 Å². The fraction of sp³-hybridized carbons (Fsp3) is 0.316. The van der Waals surface area contributed by atoms with Crippen molar-refractivity contribution in [3.05, 3.63) is 58.6 Å². The monoisotopic (exact) mass is 400 g/mol. The van der Waals surface area contributed by atoms with Crippen LogP contribution in [0.3, 0.4) is 0 Å². The fourth-order valence-corrected chi connectivity index (χ4v) is 2.68. The van der Waals surface area contributed by atoms with E-state index in [9.17, 15) is 18.0 Å². The van der Waals surface area contributed by atoms with E-state index in [0.29, 0.717) is 5.75 Å². The molecule has 2 amide bonds. The zero-order valence-electron chi connectivity index (χ0n) is 15.0. The second-order valence-corrected chi connectivity index (χ2v) is 6.65. The summed E-state index contributed by atoms with van der Waals surface area (Å²) in [6.45, 7) is 5.66. The first-order valence-electron chi connectivity index (χ1n) is 8.27. The average Bonchev–Trinajstić information content (AvgIpc) is 2.55. The van der Waals surface area contributed by atoms with Crippen LogP contribution in [0, 0.1) is 0 Å². The van der Waals surface area contributed by atoms with Crippen molar-refractivity contribution in [1.82, 2.24) is 5.32 Å². The number of para-hydroxylation sites is 1. The van der Waals surface area contributed by atoms with Crippen molar-refractivity contribution in [3.63, 3.8) is 0 Å². The van der Waals surface area contributed by atoms with Crippen LogP contribution in [0.2, 0.25) is 5.02 Å². The third-order valence-electron chi connectivity index (χ3n) is 3.71. The zero-order valence-corrected chi connectivity index (χ0v) is 15.8. The van der Waals surface area contributed by atoms with Gasteiger partial charge in [0, 0.05) is 5.69 Å². The van der Waals surface area contributed by atoms with Crippen molar-refractivity contribution in [1.29, 1.82) is 0 Å². The maximum absolute atomic E-state index is 12.9. The maximum Gasteiger partial charge on any atom is 0.417 e. The Morgan fingerprint density at radius 1 is 1.11 bits per heavy atom. The summed E-state index contributed by atoms with van der Waals surface area (Å²) in [7, 11) is 0. The molecule has 146 valence electrons. The van der Waals surface area contributed by atoms with Gasteiger partial charge in [-0.05, 0) is 42.7 Å². The first kappa shape index (κ1) is 20.9. The first-order chi connectivity index (χ1) is 12.6. The molecule has 0 saturated heterocycles. The number of anilines is 1. The average molecular weight is 401 g/mol. The second-order valence-electron chi connectivity index (χ2n) is 6.24. The summed E-state index contributed by atoms with van der Waals surface area (Å²) in [6, 6.07) is 9.89. The third kappa shape index (κ3) is 5.79. The van der Waals surface area contributed by atoms with Crippen LogP contribution in [-0.4, -0.2) is 12.3 Å². The molecule has 8 heteroatoms. The van der Waals surface area contributed by atoms with Gasteiger partial charge in [0.05, 0.1) is 10.6 Å². The number of carbonyl (C=O) groups excluding carboxylic acids is 1. The standard InChI is InChI=1S/C19H20ClF3N2O2/c1-11(2)14-6-4-5-7-17(14)27-12(3)24-18(26)25-13-8-9-16(20)15(10-13)19(21,22)23/h4-12H,1-3H3,(H2,24,25,26). The van der Waals surface area contributed by atoms with Gasteiger partial charge in [0.2, 0.25) is 0 Å². The Morgan fingerprint density at radius 3 is 2.41 bits per heavy atom. The Kier molecular flexibility index (Phi) is 6.59. The van der Waals surface area contributed by atoms with Crippen molar-refractivity contribution < 1.29 is 22.7 Å². The molecule has 0 aromatic heterocycles. The lowest BCUT2D eigenvalue weighted by atomic mass is 10.0. The Morgan fingerprint density at radius 2 is 1.78 bits per heavy atom. The molecule has 2 aromatic rings. The highest BCUT2D eigenvalue weighted by Crippen LogP contribution is 2.36. The minimum atomic E-state index is -4.61. The molecule has 2 rings (SSSR count). The molecule has 1 atom stereocenters. The molecule has 2 aromatic carbocycles. The van der Waals surface area contributed by atoms with Gasteiger partial charge in [-0.1, -0.05) is 43.6 Å². The summed E-state index contributed by atoms with van der Waals surface area (Å²) < 4.78 is 44.4. The SMILES string of the molecule is CC(NC(=O)Nc1ccc(Cl)c(C(F)(F)F)c1)Oc1ccccc1C(C)C. The molecule has 4 nitrogen and oxygen atoms in total. The van der Waals surface area contributed by atoms with Crippen LogP contribution >= 0.6 is 11.6 Å². The molecule has 0 aliphatic carbocycles. The Hall–Kier alpha value is -2.41. The quantitative estimate of drug-likeness (QED) is 0.602. The lowest BCUT2D eigenvalue weighted by molar-refractivity contribution is -0.137. The Labute approximate surface area is 160 Å². The number of hydrogen-bond acceptors (Lipinski definition) is 2. The highest BCUT2D eigenvalue weighted by atomic mass is 35.5. The van der Waals surface area contributed by atoms with Crippen LogP contribution in [0.15, 0.2) is 42.5 Å². The van der Waals surface area contributed by atoms with E-state index in [1.54, 1.807) is 13.0 Å². The molecule has 0 radical (unpaired) electrons. The number of benzene rings is 2. The van der Waals surface area contributed by atoms with Gasteiger partial charge in [-0.2, -0.15) is 13.2 Å². The van der Waals surface area contributed by atoms with E-state index in [1.165, 1.54) is 6.07 Å². The number of urea groups is 1. The molecule has 2 N–H and O–H groups in total. The van der Waals surface area contributed by atoms with Crippen molar-refractivity contribution in [2.45, 2.75) is 39.1 Å². The fourth-order valence-electron chi connectivity index (χ4n) is 2.46. The first-order valence-corrected chi connectivity index (χ1v) is 8.65. The number of halogens is 4. The van der Waals surface area contributed by atoms with Gasteiger partial charge in [0.1, 0.15) is 5.75 Å². The number of rotatable bonds is 5. The van der Waals surface area contributed by atoms with Gasteiger partial charge >= 0.3 is 12.2 Å². The number of carbonyl (C=O) groups is 1. The largest absolute Gasteiger partial charge is 0.471 e. The normalized spacial score (nSPS) is 12.6. The summed E-state index contributed by atoms with van der Waals surface area (Å²) in [5.74, 6) is 0.864. The summed E-state index contributed by atoms with van der Waals surface area (Å²) >= 11 is 5.56. The van der Waals surface area contributed by atoms with Gasteiger partial charge in [-0.3, -0.25) is 0 Å². The lowest BCUT2D eigenvalue weighted by Crippen LogP contribution is -2.39. The topological polar surface area (TPSA) is 50.4 Å². The van der Waals surface area contributed by atoms with Crippen LogP contribution in [0.1, 0.15) is 37.8 Å². The number of amides is 2. The molecule has 0 bridgehead atoms. The molecular formula is C19H20ClF3N2O2. The maximum atomic E-state index is 12.9. The lowest BCUT2D eigenvalue weighted by Gasteiger charge is -2.20. The Bertz CT molecular complexity index is 810. The van der Waals surface area contributed by atoms with Gasteiger partial charge in [0.15, 0.2) is 6.23 Å². The molecule has 0 aliphatic heterocycles. The summed E-state index contributed by atoms with van der Waals surface area (Å²) in [5.41, 5.74) is -0.0600.